The number of rotatable bonds is 5. The van der Waals surface area contributed by atoms with Crippen molar-refractivity contribution in [2.75, 3.05) is 0 Å². The molecule has 0 saturated heterocycles. The van der Waals surface area contributed by atoms with Gasteiger partial charge in [0, 0.05) is 24.7 Å². The second-order valence-corrected chi connectivity index (χ2v) is 5.60. The van der Waals surface area contributed by atoms with E-state index < -0.39 is 0 Å². The van der Waals surface area contributed by atoms with Crippen molar-refractivity contribution in [2.24, 2.45) is 0 Å². The van der Waals surface area contributed by atoms with Gasteiger partial charge in [0.05, 0.1) is 11.4 Å². The molecule has 2 aromatic rings. The SMILES string of the molecule is c1cc(CNC2CC2)nc(-n2ccc(C3CC3)n2)c1. The number of pyridine rings is 1. The summed E-state index contributed by atoms with van der Waals surface area (Å²) in [5.74, 6) is 1.61. The topological polar surface area (TPSA) is 42.7 Å². The van der Waals surface area contributed by atoms with Crippen LogP contribution in [0.1, 0.15) is 43.0 Å². The molecule has 0 radical (unpaired) electrons. The van der Waals surface area contributed by atoms with Gasteiger partial charge >= 0.3 is 0 Å². The molecule has 0 atom stereocenters. The van der Waals surface area contributed by atoms with Gasteiger partial charge < -0.3 is 5.32 Å². The molecule has 0 bridgehead atoms. The van der Waals surface area contributed by atoms with Gasteiger partial charge in [0.25, 0.3) is 0 Å². The standard InChI is InChI=1S/C15H18N4/c1-2-13(10-16-12-6-7-12)17-15(3-1)19-9-8-14(18-19)11-4-5-11/h1-3,8-9,11-12,16H,4-7,10H2. The van der Waals surface area contributed by atoms with Crippen molar-refractivity contribution in [3.8, 4) is 5.82 Å². The van der Waals surface area contributed by atoms with Gasteiger partial charge in [0.15, 0.2) is 5.82 Å². The van der Waals surface area contributed by atoms with Crippen LogP contribution in [0.5, 0.6) is 0 Å². The maximum absolute atomic E-state index is 4.67. The van der Waals surface area contributed by atoms with E-state index in [-0.39, 0.29) is 0 Å². The average molecular weight is 254 g/mol. The summed E-state index contributed by atoms with van der Waals surface area (Å²) < 4.78 is 1.90. The summed E-state index contributed by atoms with van der Waals surface area (Å²) in [5, 5.41) is 8.12. The van der Waals surface area contributed by atoms with E-state index in [1.54, 1.807) is 0 Å². The molecular weight excluding hydrogens is 236 g/mol. The summed E-state index contributed by atoms with van der Waals surface area (Å²) >= 11 is 0. The molecule has 0 aliphatic heterocycles. The van der Waals surface area contributed by atoms with Gasteiger partial charge in [-0.3, -0.25) is 0 Å². The molecule has 2 aliphatic rings. The number of aromatic nitrogens is 3. The highest BCUT2D eigenvalue weighted by atomic mass is 15.3. The van der Waals surface area contributed by atoms with Gasteiger partial charge in [0.2, 0.25) is 0 Å². The molecule has 0 aromatic carbocycles. The first kappa shape index (κ1) is 11.2. The Morgan fingerprint density at radius 3 is 2.84 bits per heavy atom. The fourth-order valence-corrected chi connectivity index (χ4v) is 2.29. The molecule has 0 unspecified atom stereocenters. The van der Waals surface area contributed by atoms with Crippen LogP contribution < -0.4 is 5.32 Å². The Hall–Kier alpha value is -1.68. The highest BCUT2D eigenvalue weighted by Crippen LogP contribution is 2.38. The maximum Gasteiger partial charge on any atom is 0.153 e. The predicted octanol–water partition coefficient (Wildman–Crippen LogP) is 2.40. The number of nitrogens with one attached hydrogen (secondary N) is 1. The van der Waals surface area contributed by atoms with Gasteiger partial charge in [-0.15, -0.1) is 0 Å². The molecule has 4 nitrogen and oxygen atoms in total. The normalized spacial score (nSPS) is 18.7. The molecule has 2 saturated carbocycles. The molecule has 4 rings (SSSR count). The summed E-state index contributed by atoms with van der Waals surface area (Å²) in [6, 6.07) is 8.99. The molecule has 98 valence electrons. The summed E-state index contributed by atoms with van der Waals surface area (Å²) in [6.07, 6.45) is 7.22. The molecule has 1 N–H and O–H groups in total. The average Bonchev–Trinajstić information content (AvgIpc) is 3.37. The van der Waals surface area contributed by atoms with Gasteiger partial charge in [0.1, 0.15) is 0 Å². The van der Waals surface area contributed by atoms with Crippen LogP contribution in [0.4, 0.5) is 0 Å². The van der Waals surface area contributed by atoms with E-state index >= 15 is 0 Å². The summed E-state index contributed by atoms with van der Waals surface area (Å²) in [7, 11) is 0. The lowest BCUT2D eigenvalue weighted by Crippen LogP contribution is -2.16. The Balaban J connectivity index is 1.53. The lowest BCUT2D eigenvalue weighted by Gasteiger charge is -2.05. The van der Waals surface area contributed by atoms with E-state index in [0.29, 0.717) is 5.92 Å². The second kappa shape index (κ2) is 4.46. The molecule has 2 aliphatic carbocycles. The first-order valence-corrected chi connectivity index (χ1v) is 7.14. The minimum absolute atomic E-state index is 0.695. The van der Waals surface area contributed by atoms with Crippen LogP contribution in [-0.2, 0) is 6.54 Å². The molecule has 2 fully saturated rings. The monoisotopic (exact) mass is 254 g/mol. The summed E-state index contributed by atoms with van der Waals surface area (Å²) in [5.41, 5.74) is 2.30. The van der Waals surface area contributed by atoms with Crippen molar-refractivity contribution >= 4 is 0 Å². The molecule has 2 aromatic heterocycles. The van der Waals surface area contributed by atoms with Crippen molar-refractivity contribution in [2.45, 2.75) is 44.2 Å². The minimum atomic E-state index is 0.695. The fraction of sp³-hybridized carbons (Fsp3) is 0.467. The van der Waals surface area contributed by atoms with Gasteiger partial charge in [-0.2, -0.15) is 5.10 Å². The number of hydrogen-bond acceptors (Lipinski definition) is 3. The Morgan fingerprint density at radius 2 is 2.05 bits per heavy atom. The molecule has 19 heavy (non-hydrogen) atoms. The van der Waals surface area contributed by atoms with E-state index in [1.165, 1.54) is 31.4 Å². The van der Waals surface area contributed by atoms with Crippen LogP contribution in [-0.4, -0.2) is 20.8 Å². The van der Waals surface area contributed by atoms with Crippen LogP contribution >= 0.6 is 0 Å². The maximum atomic E-state index is 4.67. The zero-order chi connectivity index (χ0) is 12.7. The molecule has 2 heterocycles. The van der Waals surface area contributed by atoms with E-state index in [9.17, 15) is 0 Å². The van der Waals surface area contributed by atoms with Gasteiger partial charge in [-0.05, 0) is 43.9 Å². The molecule has 0 spiro atoms. The van der Waals surface area contributed by atoms with Crippen molar-refractivity contribution in [3.05, 3.63) is 41.9 Å². The van der Waals surface area contributed by atoms with E-state index in [4.69, 9.17) is 0 Å². The third-order valence-electron chi connectivity index (χ3n) is 3.78. The minimum Gasteiger partial charge on any atom is -0.308 e. The van der Waals surface area contributed by atoms with Crippen LogP contribution in [0.25, 0.3) is 5.82 Å². The number of nitrogens with zero attached hydrogens (tertiary/aromatic N) is 3. The zero-order valence-corrected chi connectivity index (χ0v) is 10.9. The van der Waals surface area contributed by atoms with Crippen LogP contribution in [0.15, 0.2) is 30.5 Å². The number of hydrogen-bond donors (Lipinski definition) is 1. The quantitative estimate of drug-likeness (QED) is 0.891. The third-order valence-corrected chi connectivity index (χ3v) is 3.78. The Labute approximate surface area is 112 Å². The fourth-order valence-electron chi connectivity index (χ4n) is 2.29. The van der Waals surface area contributed by atoms with Crippen molar-refractivity contribution in [3.63, 3.8) is 0 Å². The smallest absolute Gasteiger partial charge is 0.153 e. The summed E-state index contributed by atoms with van der Waals surface area (Å²) in [4.78, 5) is 4.67. The predicted molar refractivity (Wildman–Crippen MR) is 73.2 cm³/mol. The van der Waals surface area contributed by atoms with Gasteiger partial charge in [-0.25, -0.2) is 9.67 Å². The first-order chi connectivity index (χ1) is 9.38. The second-order valence-electron chi connectivity index (χ2n) is 5.60. The Morgan fingerprint density at radius 1 is 1.16 bits per heavy atom. The lowest BCUT2D eigenvalue weighted by atomic mass is 10.3. The Kier molecular flexibility index (Phi) is 2.62. The lowest BCUT2D eigenvalue weighted by molar-refractivity contribution is 0.670. The van der Waals surface area contributed by atoms with E-state index in [1.807, 2.05) is 16.9 Å². The van der Waals surface area contributed by atoms with Crippen molar-refractivity contribution in [1.82, 2.24) is 20.1 Å². The molecule has 0 amide bonds. The Bertz CT molecular complexity index is 581. The van der Waals surface area contributed by atoms with Crippen LogP contribution in [0, 0.1) is 0 Å². The highest BCUT2D eigenvalue weighted by molar-refractivity contribution is 5.25. The molecule has 4 heteroatoms. The van der Waals surface area contributed by atoms with Crippen LogP contribution in [0.3, 0.4) is 0 Å². The third kappa shape index (κ3) is 2.54. The van der Waals surface area contributed by atoms with Crippen molar-refractivity contribution in [1.29, 1.82) is 0 Å². The van der Waals surface area contributed by atoms with E-state index in [2.05, 4.69) is 33.6 Å². The van der Waals surface area contributed by atoms with E-state index in [0.717, 1.165) is 24.1 Å². The zero-order valence-electron chi connectivity index (χ0n) is 10.9. The first-order valence-electron chi connectivity index (χ1n) is 7.14. The molecular formula is C15H18N4. The van der Waals surface area contributed by atoms with Gasteiger partial charge in [-0.1, -0.05) is 6.07 Å². The van der Waals surface area contributed by atoms with Crippen LogP contribution in [0.2, 0.25) is 0 Å². The van der Waals surface area contributed by atoms with Crippen molar-refractivity contribution < 1.29 is 0 Å². The summed E-state index contributed by atoms with van der Waals surface area (Å²) in [6.45, 7) is 0.856. The largest absolute Gasteiger partial charge is 0.308 e. The highest BCUT2D eigenvalue weighted by Gasteiger charge is 2.26.